The maximum Gasteiger partial charge on any atom is 0.114 e. The first-order valence-electron chi connectivity index (χ1n) is 4.28. The predicted octanol–water partition coefficient (Wildman–Crippen LogP) is 4.10. The van der Waals surface area contributed by atoms with E-state index in [1.54, 1.807) is 6.26 Å². The third-order valence-corrected chi connectivity index (χ3v) is 4.97. The van der Waals surface area contributed by atoms with Gasteiger partial charge < -0.3 is 4.42 Å². The van der Waals surface area contributed by atoms with Crippen molar-refractivity contribution in [3.8, 4) is 0 Å². The summed E-state index contributed by atoms with van der Waals surface area (Å²) in [5.41, 5.74) is 0.342. The Bertz CT molecular complexity index is 268. The summed E-state index contributed by atoms with van der Waals surface area (Å²) in [5, 5.41) is 1.03. The van der Waals surface area contributed by atoms with Crippen LogP contribution in [0.3, 0.4) is 0 Å². The number of hydrogen-bond donors (Lipinski definition) is 0. The van der Waals surface area contributed by atoms with E-state index >= 15 is 0 Å². The van der Waals surface area contributed by atoms with E-state index in [1.165, 1.54) is 4.90 Å². The molecule has 0 saturated heterocycles. The van der Waals surface area contributed by atoms with Gasteiger partial charge in [-0.05, 0) is 18.4 Å². The monoisotopic (exact) mass is 262 g/mol. The van der Waals surface area contributed by atoms with Gasteiger partial charge in [-0.2, -0.15) is 0 Å². The Morgan fingerprint density at radius 2 is 2.23 bits per heavy atom. The quantitative estimate of drug-likeness (QED) is 0.599. The highest BCUT2D eigenvalue weighted by molar-refractivity contribution is 9.09. The van der Waals surface area contributed by atoms with E-state index in [9.17, 15) is 0 Å². The minimum Gasteiger partial charge on any atom is -0.468 e. The molecule has 0 N–H and O–H groups in total. The normalized spacial score (nSPS) is 12.0. The second-order valence-corrected chi connectivity index (χ2v) is 5.51. The van der Waals surface area contributed by atoms with Gasteiger partial charge in [0.1, 0.15) is 5.76 Å². The van der Waals surface area contributed by atoms with Crippen molar-refractivity contribution in [1.82, 2.24) is 0 Å². The summed E-state index contributed by atoms with van der Waals surface area (Å²) in [6, 6.07) is 2.03. The summed E-state index contributed by atoms with van der Waals surface area (Å²) >= 11 is 5.38. The molecule has 3 heteroatoms. The highest BCUT2D eigenvalue weighted by Crippen LogP contribution is 2.31. The van der Waals surface area contributed by atoms with Crippen molar-refractivity contribution in [3.63, 3.8) is 0 Å². The molecule has 1 nitrogen and oxygen atoms in total. The molecule has 0 atom stereocenters. The SMILES string of the molecule is Cc1occc1SCC(C)(C)CBr. The van der Waals surface area contributed by atoms with Crippen LogP contribution in [0.25, 0.3) is 0 Å². The fourth-order valence-electron chi connectivity index (χ4n) is 0.835. The smallest absolute Gasteiger partial charge is 0.114 e. The minimum atomic E-state index is 0.342. The van der Waals surface area contributed by atoms with Gasteiger partial charge in [0.2, 0.25) is 0 Å². The third kappa shape index (κ3) is 3.39. The van der Waals surface area contributed by atoms with Crippen molar-refractivity contribution in [2.45, 2.75) is 25.7 Å². The summed E-state index contributed by atoms with van der Waals surface area (Å²) in [6.45, 7) is 6.51. The van der Waals surface area contributed by atoms with Gasteiger partial charge in [0.15, 0.2) is 0 Å². The van der Waals surface area contributed by atoms with Crippen molar-refractivity contribution >= 4 is 27.7 Å². The maximum absolute atomic E-state index is 5.23. The van der Waals surface area contributed by atoms with Gasteiger partial charge in [-0.15, -0.1) is 11.8 Å². The van der Waals surface area contributed by atoms with Crippen LogP contribution in [0, 0.1) is 12.3 Å². The number of rotatable bonds is 4. The van der Waals surface area contributed by atoms with Crippen LogP contribution in [-0.2, 0) is 0 Å². The number of aryl methyl sites for hydroxylation is 1. The molecule has 0 aromatic carbocycles. The standard InChI is InChI=1S/C10H15BrOS/c1-8-9(4-5-12-8)13-7-10(2,3)6-11/h4-5H,6-7H2,1-3H3. The highest BCUT2D eigenvalue weighted by Gasteiger charge is 2.17. The Hall–Kier alpha value is 0.110. The lowest BCUT2D eigenvalue weighted by atomic mass is 10.0. The topological polar surface area (TPSA) is 13.1 Å². The second kappa shape index (κ2) is 4.56. The lowest BCUT2D eigenvalue weighted by Crippen LogP contribution is -2.15. The number of hydrogen-bond acceptors (Lipinski definition) is 2. The molecule has 0 radical (unpaired) electrons. The largest absolute Gasteiger partial charge is 0.468 e. The Morgan fingerprint density at radius 1 is 1.54 bits per heavy atom. The van der Waals surface area contributed by atoms with E-state index in [1.807, 2.05) is 24.8 Å². The molecule has 0 unspecified atom stereocenters. The summed E-state index contributed by atoms with van der Waals surface area (Å²) < 4.78 is 5.23. The summed E-state index contributed by atoms with van der Waals surface area (Å²) in [7, 11) is 0. The van der Waals surface area contributed by atoms with Crippen molar-refractivity contribution < 1.29 is 4.42 Å². The van der Waals surface area contributed by atoms with Crippen LogP contribution in [0.15, 0.2) is 21.6 Å². The fraction of sp³-hybridized carbons (Fsp3) is 0.600. The van der Waals surface area contributed by atoms with Crippen LogP contribution in [0.5, 0.6) is 0 Å². The molecule has 1 rings (SSSR count). The molecule has 0 aliphatic carbocycles. The van der Waals surface area contributed by atoms with E-state index in [0.717, 1.165) is 16.8 Å². The van der Waals surface area contributed by atoms with Crippen LogP contribution in [0.2, 0.25) is 0 Å². The summed E-state index contributed by atoms with van der Waals surface area (Å²) in [6.07, 6.45) is 1.75. The average Bonchev–Trinajstić information content (AvgIpc) is 2.48. The molecular weight excluding hydrogens is 248 g/mol. The summed E-state index contributed by atoms with van der Waals surface area (Å²) in [5.74, 6) is 2.13. The molecule has 74 valence electrons. The number of halogens is 1. The molecule has 1 aromatic heterocycles. The first kappa shape index (κ1) is 11.2. The van der Waals surface area contributed by atoms with Crippen LogP contribution in [0.1, 0.15) is 19.6 Å². The van der Waals surface area contributed by atoms with E-state index in [-0.39, 0.29) is 0 Å². The number of thioether (sulfide) groups is 1. The molecule has 0 aliphatic heterocycles. The van der Waals surface area contributed by atoms with E-state index in [2.05, 4.69) is 29.8 Å². The molecular formula is C10H15BrOS. The van der Waals surface area contributed by atoms with Gasteiger partial charge in [0.05, 0.1) is 6.26 Å². The lowest BCUT2D eigenvalue weighted by Gasteiger charge is -2.20. The van der Waals surface area contributed by atoms with Gasteiger partial charge in [0.25, 0.3) is 0 Å². The zero-order valence-corrected chi connectivity index (χ0v) is 10.7. The molecule has 1 heterocycles. The maximum atomic E-state index is 5.23. The minimum absolute atomic E-state index is 0.342. The van der Waals surface area contributed by atoms with Gasteiger partial charge in [-0.25, -0.2) is 0 Å². The zero-order valence-electron chi connectivity index (χ0n) is 8.26. The lowest BCUT2D eigenvalue weighted by molar-refractivity contribution is 0.495. The van der Waals surface area contributed by atoms with Crippen molar-refractivity contribution in [2.24, 2.45) is 5.41 Å². The summed E-state index contributed by atoms with van der Waals surface area (Å²) in [4.78, 5) is 1.26. The van der Waals surface area contributed by atoms with Gasteiger partial charge in [0, 0.05) is 16.0 Å². The Morgan fingerprint density at radius 3 is 2.69 bits per heavy atom. The van der Waals surface area contributed by atoms with Gasteiger partial charge >= 0.3 is 0 Å². The van der Waals surface area contributed by atoms with Crippen molar-refractivity contribution in [1.29, 1.82) is 0 Å². The molecule has 0 amide bonds. The third-order valence-electron chi connectivity index (χ3n) is 1.79. The van der Waals surface area contributed by atoms with Crippen molar-refractivity contribution in [3.05, 3.63) is 18.1 Å². The Kier molecular flexibility index (Phi) is 3.92. The average molecular weight is 263 g/mol. The molecule has 0 spiro atoms. The molecule has 0 fully saturated rings. The Labute approximate surface area is 92.4 Å². The predicted molar refractivity (Wildman–Crippen MR) is 61.7 cm³/mol. The molecule has 0 aliphatic rings. The van der Waals surface area contributed by atoms with Crippen LogP contribution in [0.4, 0.5) is 0 Å². The van der Waals surface area contributed by atoms with Crippen LogP contribution >= 0.6 is 27.7 Å². The van der Waals surface area contributed by atoms with Crippen LogP contribution < -0.4 is 0 Å². The first-order chi connectivity index (χ1) is 6.05. The molecule has 0 saturated carbocycles. The van der Waals surface area contributed by atoms with Gasteiger partial charge in [-0.1, -0.05) is 29.8 Å². The first-order valence-corrected chi connectivity index (χ1v) is 6.39. The highest BCUT2D eigenvalue weighted by atomic mass is 79.9. The number of furan rings is 1. The number of alkyl halides is 1. The fourth-order valence-corrected chi connectivity index (χ4v) is 2.35. The van der Waals surface area contributed by atoms with Crippen LogP contribution in [-0.4, -0.2) is 11.1 Å². The van der Waals surface area contributed by atoms with Crippen molar-refractivity contribution in [2.75, 3.05) is 11.1 Å². The zero-order chi connectivity index (χ0) is 9.90. The second-order valence-electron chi connectivity index (χ2n) is 3.93. The van der Waals surface area contributed by atoms with E-state index < -0.39 is 0 Å². The molecule has 0 bridgehead atoms. The van der Waals surface area contributed by atoms with E-state index in [0.29, 0.717) is 5.41 Å². The Balaban J connectivity index is 2.48. The molecule has 13 heavy (non-hydrogen) atoms. The molecule has 1 aromatic rings. The van der Waals surface area contributed by atoms with Gasteiger partial charge in [-0.3, -0.25) is 0 Å². The van der Waals surface area contributed by atoms with E-state index in [4.69, 9.17) is 4.42 Å².